The molecule has 2 heterocycles. The molecule has 328 valence electrons. The van der Waals surface area contributed by atoms with E-state index < -0.39 is 68.6 Å². The zero-order valence-electron chi connectivity index (χ0n) is 36.3. The van der Waals surface area contributed by atoms with Crippen LogP contribution in [0.2, 0.25) is 0 Å². The highest BCUT2D eigenvalue weighted by molar-refractivity contribution is 7.90. The fourth-order valence-corrected chi connectivity index (χ4v) is 8.08. The van der Waals surface area contributed by atoms with Crippen LogP contribution in [0.25, 0.3) is 22.2 Å². The second-order valence-corrected chi connectivity index (χ2v) is 19.1. The van der Waals surface area contributed by atoms with E-state index in [0.717, 1.165) is 11.6 Å². The van der Waals surface area contributed by atoms with Crippen molar-refractivity contribution >= 4 is 44.7 Å². The number of allylic oxidation sites excluding steroid dienone is 1. The molecule has 5 rings (SSSR count). The zero-order chi connectivity index (χ0) is 45.6. The number of rotatable bonds is 14. The predicted molar refractivity (Wildman–Crippen MR) is 233 cm³/mol. The number of methoxy groups -OCH3 is 1. The molecule has 1 fully saturated rings. The van der Waals surface area contributed by atoms with Crippen molar-refractivity contribution in [3.8, 4) is 28.8 Å². The molecule has 1 aliphatic heterocycles. The number of hydrogen-bond donors (Lipinski definition) is 3. The van der Waals surface area contributed by atoms with Crippen LogP contribution in [0.3, 0.4) is 0 Å². The minimum absolute atomic E-state index is 0.0556. The van der Waals surface area contributed by atoms with Gasteiger partial charge in [-0.2, -0.15) is 5.26 Å². The second kappa shape index (κ2) is 18.7. The maximum atomic E-state index is 14.8. The minimum atomic E-state index is -4.50. The Kier molecular flexibility index (Phi) is 14.0. The molecule has 15 nitrogen and oxygen atoms in total. The average Bonchev–Trinajstić information content (AvgIpc) is 3.64. The molecule has 16 heteroatoms. The molecule has 0 aliphatic carbocycles. The summed E-state index contributed by atoms with van der Waals surface area (Å²) in [7, 11) is -2.95. The molecule has 3 N–H and O–H groups in total. The van der Waals surface area contributed by atoms with E-state index >= 15 is 0 Å². The molecule has 1 unspecified atom stereocenters. The first-order valence-corrected chi connectivity index (χ1v) is 21.6. The number of aromatic nitrogens is 1. The number of alkyl carbamates (subject to hydrolysis) is 1. The molecule has 4 amide bonds. The molecule has 0 saturated carbocycles. The SMILES string of the molecule is C=CCC[C@](C)(NC(=O)[C@@H]1C[C@@H](Oc2cc(-c3ccccc3)nc3cc(OC)ccc23)CN1C(=O)C(NC(=O)OC(C)(C)C)C(C)(C)C)C(=O)NS(=O)(=O)c1cccc(C#N)c1. The molecular weight excluding hydrogens is 813 g/mol. The summed E-state index contributed by atoms with van der Waals surface area (Å²) >= 11 is 0. The number of nitrogens with zero attached hydrogens (tertiary/aromatic N) is 3. The molecule has 0 spiro atoms. The number of carbonyl (C=O) groups excluding carboxylic acids is 4. The van der Waals surface area contributed by atoms with E-state index in [4.69, 9.17) is 19.2 Å². The van der Waals surface area contributed by atoms with E-state index in [-0.39, 0.29) is 36.3 Å². The van der Waals surface area contributed by atoms with Crippen molar-refractivity contribution in [1.82, 2.24) is 25.2 Å². The molecule has 4 atom stereocenters. The minimum Gasteiger partial charge on any atom is -0.497 e. The van der Waals surface area contributed by atoms with Gasteiger partial charge in [-0.05, 0) is 76.3 Å². The highest BCUT2D eigenvalue weighted by Crippen LogP contribution is 2.35. The van der Waals surface area contributed by atoms with Crippen LogP contribution in [-0.2, 0) is 29.1 Å². The lowest BCUT2D eigenvalue weighted by Crippen LogP contribution is -2.62. The molecule has 0 bridgehead atoms. The third kappa shape index (κ3) is 11.3. The Morgan fingerprint density at radius 2 is 1.69 bits per heavy atom. The number of likely N-dealkylation sites (tertiary alicyclic amines) is 1. The monoisotopic (exact) mass is 866 g/mol. The van der Waals surface area contributed by atoms with Gasteiger partial charge < -0.3 is 29.7 Å². The lowest BCUT2D eigenvalue weighted by molar-refractivity contribution is -0.143. The first-order chi connectivity index (χ1) is 29.1. The van der Waals surface area contributed by atoms with Crippen LogP contribution >= 0.6 is 0 Å². The lowest BCUT2D eigenvalue weighted by Gasteiger charge is -2.36. The maximum Gasteiger partial charge on any atom is 0.408 e. The first kappa shape index (κ1) is 46.6. The van der Waals surface area contributed by atoms with Gasteiger partial charge in [-0.1, -0.05) is 63.2 Å². The van der Waals surface area contributed by atoms with Gasteiger partial charge in [-0.25, -0.2) is 22.9 Å². The van der Waals surface area contributed by atoms with Crippen molar-refractivity contribution in [2.24, 2.45) is 5.41 Å². The summed E-state index contributed by atoms with van der Waals surface area (Å²) in [6, 6.07) is 21.2. The number of hydrogen-bond acceptors (Lipinski definition) is 11. The van der Waals surface area contributed by atoms with E-state index in [1.165, 1.54) is 36.1 Å². The second-order valence-electron chi connectivity index (χ2n) is 17.4. The molecule has 1 saturated heterocycles. The molecule has 62 heavy (non-hydrogen) atoms. The summed E-state index contributed by atoms with van der Waals surface area (Å²) in [5.74, 6) is -1.43. The largest absolute Gasteiger partial charge is 0.497 e. The van der Waals surface area contributed by atoms with Gasteiger partial charge in [0.15, 0.2) is 0 Å². The van der Waals surface area contributed by atoms with E-state index in [0.29, 0.717) is 28.1 Å². The molecular formula is C46H54N6O9S. The van der Waals surface area contributed by atoms with Gasteiger partial charge in [0.25, 0.3) is 15.9 Å². The Morgan fingerprint density at radius 3 is 2.32 bits per heavy atom. The van der Waals surface area contributed by atoms with Gasteiger partial charge in [0.1, 0.15) is 40.8 Å². The smallest absolute Gasteiger partial charge is 0.408 e. The summed E-state index contributed by atoms with van der Waals surface area (Å²) in [6.45, 7) is 15.4. The standard InChI is InChI=1S/C46H54N6O9S/c1-10-11-22-46(8,42(55)51-62(57,58)33-19-15-16-29(23-33)27-47)50-40(53)37-25-32(28-52(37)41(54)39(44(2,3)4)49-43(56)61-45(5,6)7)60-38-26-35(30-17-13-12-14-18-30)48-36-24-31(59-9)20-21-34(36)38/h10,12-21,23-24,26,32,37,39H,1,11,22,25,28H2,2-9H3,(H,49,56)(H,50,53)(H,51,55)/t32-,37+,39?,46+/m1/s1. The number of benzene rings is 3. The zero-order valence-corrected chi connectivity index (χ0v) is 37.1. The van der Waals surface area contributed by atoms with E-state index in [9.17, 15) is 32.9 Å². The van der Waals surface area contributed by atoms with E-state index in [1.54, 1.807) is 66.9 Å². The van der Waals surface area contributed by atoms with Crippen molar-refractivity contribution in [3.05, 3.63) is 97.1 Å². The van der Waals surface area contributed by atoms with Crippen molar-refractivity contribution in [2.45, 2.75) is 102 Å². The fourth-order valence-electron chi connectivity index (χ4n) is 6.96. The Bertz CT molecular complexity index is 2490. The molecule has 0 radical (unpaired) electrons. The number of nitrogens with one attached hydrogen (secondary N) is 3. The Balaban J connectivity index is 1.54. The van der Waals surface area contributed by atoms with Crippen molar-refractivity contribution in [2.75, 3.05) is 13.7 Å². The van der Waals surface area contributed by atoms with Crippen molar-refractivity contribution in [3.63, 3.8) is 0 Å². The third-order valence-electron chi connectivity index (χ3n) is 10.2. The normalized spacial score (nSPS) is 16.9. The predicted octanol–water partition coefficient (Wildman–Crippen LogP) is 6.42. The molecule has 3 aromatic carbocycles. The third-order valence-corrected chi connectivity index (χ3v) is 11.5. The highest BCUT2D eigenvalue weighted by Gasteiger charge is 2.48. The molecule has 4 aromatic rings. The summed E-state index contributed by atoms with van der Waals surface area (Å²) < 4.78 is 46.6. The van der Waals surface area contributed by atoms with Gasteiger partial charge in [0.2, 0.25) is 11.8 Å². The number of pyridine rings is 1. The van der Waals surface area contributed by atoms with Crippen LogP contribution in [0.15, 0.2) is 96.4 Å². The topological polar surface area (TPSA) is 206 Å². The number of carbonyl (C=O) groups is 4. The van der Waals surface area contributed by atoms with Crippen LogP contribution in [0.4, 0.5) is 4.79 Å². The van der Waals surface area contributed by atoms with Gasteiger partial charge in [-0.15, -0.1) is 6.58 Å². The van der Waals surface area contributed by atoms with Crippen LogP contribution in [-0.4, -0.2) is 85.1 Å². The molecule has 1 aliphatic rings. The number of amides is 4. The number of sulfonamides is 1. The Morgan fingerprint density at radius 1 is 0.984 bits per heavy atom. The highest BCUT2D eigenvalue weighted by atomic mass is 32.2. The van der Waals surface area contributed by atoms with Crippen LogP contribution in [0.5, 0.6) is 11.5 Å². The molecule has 1 aromatic heterocycles. The van der Waals surface area contributed by atoms with Gasteiger partial charge in [0.05, 0.1) is 41.4 Å². The summed E-state index contributed by atoms with van der Waals surface area (Å²) in [5.41, 5.74) is -1.53. The average molecular weight is 867 g/mol. The number of ether oxygens (including phenoxy) is 3. The maximum absolute atomic E-state index is 14.8. The van der Waals surface area contributed by atoms with Gasteiger partial charge in [0, 0.05) is 29.5 Å². The van der Waals surface area contributed by atoms with Crippen molar-refractivity contribution < 1.29 is 41.8 Å². The quantitative estimate of drug-likeness (QED) is 0.118. The van der Waals surface area contributed by atoms with Gasteiger partial charge in [-0.3, -0.25) is 14.4 Å². The number of nitriles is 1. The van der Waals surface area contributed by atoms with Crippen LogP contribution in [0, 0.1) is 16.7 Å². The first-order valence-electron chi connectivity index (χ1n) is 20.1. The van der Waals surface area contributed by atoms with Crippen molar-refractivity contribution in [1.29, 1.82) is 5.26 Å². The fraction of sp³-hybridized carbons (Fsp3) is 0.391. The van der Waals surface area contributed by atoms with E-state index in [2.05, 4.69) is 21.9 Å². The summed E-state index contributed by atoms with van der Waals surface area (Å²) in [4.78, 5) is 62.5. The Hall–Kier alpha value is -6.47. The summed E-state index contributed by atoms with van der Waals surface area (Å²) in [5, 5.41) is 15.4. The summed E-state index contributed by atoms with van der Waals surface area (Å²) in [6.07, 6.45) is -0.0350. The lowest BCUT2D eigenvalue weighted by atomic mass is 9.85. The Labute approximate surface area is 362 Å². The van der Waals surface area contributed by atoms with Crippen LogP contribution in [0.1, 0.15) is 73.3 Å². The van der Waals surface area contributed by atoms with Crippen LogP contribution < -0.4 is 24.8 Å². The van der Waals surface area contributed by atoms with Gasteiger partial charge >= 0.3 is 6.09 Å². The van der Waals surface area contributed by atoms with E-state index in [1.807, 2.05) is 42.5 Å². The number of fused-ring (bicyclic) bond motifs is 1.